The molecule has 0 amide bonds. The molecular weight excluding hydrogens is 384 g/mol. The molecule has 9 nitrogen and oxygen atoms in total. The van der Waals surface area contributed by atoms with E-state index >= 15 is 0 Å². The SMILES string of the molecule is CC(C)[C@]12O[C@@]3(C)[C@@]4(O)[C@@H](C1O)[C@@]1(C)C([C@@]4(O)[C@@]4(O)[C@]1(O)CC[C@@]4(C)O)[C@@]3(O)O2. The molecule has 29 heavy (non-hydrogen) atoms. The summed E-state index contributed by atoms with van der Waals surface area (Å²) in [5.74, 6) is -6.97. The van der Waals surface area contributed by atoms with Gasteiger partial charge in [0.05, 0.1) is 11.5 Å². The summed E-state index contributed by atoms with van der Waals surface area (Å²) >= 11 is 0. The minimum Gasteiger partial charge on any atom is -0.387 e. The lowest BCUT2D eigenvalue weighted by molar-refractivity contribution is -0.420. The molecule has 4 aliphatic carbocycles. The molecule has 2 aliphatic heterocycles. The summed E-state index contributed by atoms with van der Waals surface area (Å²) in [5.41, 5.74) is -15.1. The molecular formula is C20H30O9. The molecule has 2 heterocycles. The van der Waals surface area contributed by atoms with Crippen LogP contribution >= 0.6 is 0 Å². The molecule has 0 aromatic heterocycles. The third-order valence-corrected chi connectivity index (χ3v) is 10.5. The summed E-state index contributed by atoms with van der Waals surface area (Å²) in [5, 5.41) is 82.4. The van der Waals surface area contributed by atoms with Crippen molar-refractivity contribution in [2.75, 3.05) is 0 Å². The van der Waals surface area contributed by atoms with Gasteiger partial charge < -0.3 is 45.2 Å². The summed E-state index contributed by atoms with van der Waals surface area (Å²) in [6.07, 6.45) is -1.61. The second kappa shape index (κ2) is 4.04. The molecule has 0 aromatic rings. The molecule has 0 aromatic carbocycles. The van der Waals surface area contributed by atoms with Gasteiger partial charge in [0.2, 0.25) is 11.6 Å². The third-order valence-electron chi connectivity index (χ3n) is 10.5. The van der Waals surface area contributed by atoms with Crippen molar-refractivity contribution in [2.24, 2.45) is 23.2 Å². The first kappa shape index (κ1) is 19.3. The van der Waals surface area contributed by atoms with Gasteiger partial charge in [-0.1, -0.05) is 20.8 Å². The van der Waals surface area contributed by atoms with E-state index in [9.17, 15) is 35.7 Å². The Kier molecular flexibility index (Phi) is 2.70. The van der Waals surface area contributed by atoms with Crippen LogP contribution in [0, 0.1) is 23.2 Å². The van der Waals surface area contributed by atoms with Gasteiger partial charge in [-0.3, -0.25) is 0 Å². The van der Waals surface area contributed by atoms with Crippen molar-refractivity contribution in [3.05, 3.63) is 0 Å². The largest absolute Gasteiger partial charge is 0.387 e. The van der Waals surface area contributed by atoms with Crippen LogP contribution in [0.5, 0.6) is 0 Å². The van der Waals surface area contributed by atoms with E-state index in [2.05, 4.69) is 0 Å². The van der Waals surface area contributed by atoms with Crippen LogP contribution in [0.3, 0.4) is 0 Å². The Morgan fingerprint density at radius 2 is 1.45 bits per heavy atom. The minimum atomic E-state index is -2.60. The lowest BCUT2D eigenvalue weighted by Crippen LogP contribution is -2.88. The molecule has 164 valence electrons. The molecule has 6 bridgehead atoms. The van der Waals surface area contributed by atoms with Gasteiger partial charge >= 0.3 is 0 Å². The summed E-state index contributed by atoms with van der Waals surface area (Å²) in [7, 11) is 0. The van der Waals surface area contributed by atoms with E-state index in [0.717, 1.165) is 0 Å². The smallest absolute Gasteiger partial charge is 0.207 e. The summed E-state index contributed by atoms with van der Waals surface area (Å²) in [4.78, 5) is 0. The second-order valence-corrected chi connectivity index (χ2v) is 11.3. The van der Waals surface area contributed by atoms with Gasteiger partial charge in [-0.25, -0.2) is 0 Å². The van der Waals surface area contributed by atoms with Crippen LogP contribution in [0.15, 0.2) is 0 Å². The van der Waals surface area contributed by atoms with Crippen LogP contribution in [0.4, 0.5) is 0 Å². The summed E-state index contributed by atoms with van der Waals surface area (Å²) in [6.45, 7) is 7.75. The van der Waals surface area contributed by atoms with Gasteiger partial charge in [0, 0.05) is 17.3 Å². The first-order chi connectivity index (χ1) is 13.0. The highest BCUT2D eigenvalue weighted by molar-refractivity contribution is 5.57. The van der Waals surface area contributed by atoms with Crippen LogP contribution in [-0.4, -0.2) is 87.0 Å². The maximum absolute atomic E-state index is 12.1. The van der Waals surface area contributed by atoms with Gasteiger partial charge in [0.25, 0.3) is 0 Å². The lowest BCUT2D eigenvalue weighted by Gasteiger charge is -2.67. The lowest BCUT2D eigenvalue weighted by atomic mass is 9.45. The average Bonchev–Trinajstić information content (AvgIpc) is 3.09. The normalized spacial score (nSPS) is 76.2. The molecule has 9 heteroatoms. The average molecular weight is 414 g/mol. The van der Waals surface area contributed by atoms with Gasteiger partial charge in [0.1, 0.15) is 22.9 Å². The zero-order chi connectivity index (χ0) is 21.6. The maximum atomic E-state index is 12.1. The Bertz CT molecular complexity index is 878. The molecule has 6 aliphatic rings. The number of rotatable bonds is 1. The fraction of sp³-hybridized carbons (Fsp3) is 1.00. The topological polar surface area (TPSA) is 160 Å². The predicted molar refractivity (Wildman–Crippen MR) is 93.8 cm³/mol. The van der Waals surface area contributed by atoms with Crippen LogP contribution in [0.1, 0.15) is 47.5 Å². The molecule has 0 spiro atoms. The van der Waals surface area contributed by atoms with Crippen molar-refractivity contribution in [1.29, 1.82) is 0 Å². The summed E-state index contributed by atoms with van der Waals surface area (Å²) < 4.78 is 12.1. The number of hydrogen-bond donors (Lipinski definition) is 7. The fourth-order valence-electron chi connectivity index (χ4n) is 9.38. The quantitative estimate of drug-likeness (QED) is 0.256. The van der Waals surface area contributed by atoms with Gasteiger partial charge in [-0.05, 0) is 26.7 Å². The molecule has 4 saturated carbocycles. The highest BCUT2D eigenvalue weighted by atomic mass is 16.8. The molecule has 2 saturated heterocycles. The van der Waals surface area contributed by atoms with E-state index in [1.165, 1.54) is 13.8 Å². The maximum Gasteiger partial charge on any atom is 0.207 e. The molecule has 7 N–H and O–H groups in total. The van der Waals surface area contributed by atoms with Crippen molar-refractivity contribution in [1.82, 2.24) is 0 Å². The van der Waals surface area contributed by atoms with Crippen molar-refractivity contribution in [3.8, 4) is 0 Å². The number of aliphatic hydroxyl groups excluding tert-OH is 1. The van der Waals surface area contributed by atoms with E-state index < -0.39 is 74.5 Å². The Morgan fingerprint density at radius 1 is 0.862 bits per heavy atom. The third kappa shape index (κ3) is 1.12. The number of aliphatic hydroxyl groups is 7. The van der Waals surface area contributed by atoms with Gasteiger partial charge in [0.15, 0.2) is 11.2 Å². The highest BCUT2D eigenvalue weighted by Crippen LogP contribution is 2.91. The second-order valence-electron chi connectivity index (χ2n) is 11.3. The van der Waals surface area contributed by atoms with E-state index in [1.807, 2.05) is 0 Å². The molecule has 6 rings (SSSR count). The van der Waals surface area contributed by atoms with E-state index in [0.29, 0.717) is 0 Å². The van der Waals surface area contributed by atoms with Crippen LogP contribution in [-0.2, 0) is 9.47 Å². The fourth-order valence-corrected chi connectivity index (χ4v) is 9.38. The molecule has 2 unspecified atom stereocenters. The first-order valence-electron chi connectivity index (χ1n) is 10.4. The molecule has 12 atom stereocenters. The Balaban J connectivity index is 1.76. The van der Waals surface area contributed by atoms with E-state index in [1.54, 1.807) is 20.8 Å². The van der Waals surface area contributed by atoms with E-state index in [4.69, 9.17) is 9.47 Å². The highest BCUT2D eigenvalue weighted by Gasteiger charge is 3.11. The first-order valence-corrected chi connectivity index (χ1v) is 10.4. The monoisotopic (exact) mass is 414 g/mol. The Hall–Kier alpha value is -0.360. The summed E-state index contributed by atoms with van der Waals surface area (Å²) in [6, 6.07) is 0. The minimum absolute atomic E-state index is 0.0320. The standard InChI is InChI=1S/C20H30O9/c1-8(2)16-10(21)9-13(4)11-18(25,20(27)12(3,22)6-7-15(13,20)23)17(9,24)14(5,28-16)19(11,26)29-16/h8-11,21-27H,6-7H2,1-5H3/t9-,10?,11?,12+,13-,14-,15-,16+,17-,18-,19+,20-/m0/s1. The Labute approximate surface area is 167 Å². The van der Waals surface area contributed by atoms with Gasteiger partial charge in [-0.2, -0.15) is 0 Å². The van der Waals surface area contributed by atoms with Crippen LogP contribution in [0.2, 0.25) is 0 Å². The van der Waals surface area contributed by atoms with E-state index in [-0.39, 0.29) is 12.8 Å². The number of fused-ring (bicyclic) bond motifs is 4. The zero-order valence-corrected chi connectivity index (χ0v) is 17.2. The van der Waals surface area contributed by atoms with Crippen molar-refractivity contribution in [2.45, 2.75) is 98.7 Å². The zero-order valence-electron chi connectivity index (χ0n) is 17.2. The molecule has 0 radical (unpaired) electrons. The van der Waals surface area contributed by atoms with Crippen molar-refractivity contribution < 1.29 is 45.2 Å². The van der Waals surface area contributed by atoms with Crippen molar-refractivity contribution in [3.63, 3.8) is 0 Å². The number of hydrogen-bond acceptors (Lipinski definition) is 9. The molecule has 6 fully saturated rings. The Morgan fingerprint density at radius 3 is 2.00 bits per heavy atom. The van der Waals surface area contributed by atoms with Gasteiger partial charge in [-0.15, -0.1) is 0 Å². The number of ether oxygens (including phenoxy) is 2. The van der Waals surface area contributed by atoms with Crippen LogP contribution in [0.25, 0.3) is 0 Å². The van der Waals surface area contributed by atoms with Crippen molar-refractivity contribution >= 4 is 0 Å². The van der Waals surface area contributed by atoms with Crippen LogP contribution < -0.4 is 0 Å². The predicted octanol–water partition coefficient (Wildman–Crippen LogP) is -2.04.